The molecular weight excluding hydrogens is 268 g/mol. The zero-order chi connectivity index (χ0) is 15.1. The van der Waals surface area contributed by atoms with Crippen LogP contribution in [-0.4, -0.2) is 16.1 Å². The predicted octanol–water partition coefficient (Wildman–Crippen LogP) is 3.06. The molecule has 0 fully saturated rings. The van der Waals surface area contributed by atoms with E-state index in [0.717, 1.165) is 18.6 Å². The molecule has 0 bridgehead atoms. The van der Waals surface area contributed by atoms with Crippen molar-refractivity contribution in [1.29, 1.82) is 0 Å². The summed E-state index contributed by atoms with van der Waals surface area (Å²) in [5.41, 5.74) is 0. The van der Waals surface area contributed by atoms with Gasteiger partial charge in [-0.2, -0.15) is 0 Å². The second-order valence-electron chi connectivity index (χ2n) is 4.74. The van der Waals surface area contributed by atoms with E-state index >= 15 is 0 Å². The molecule has 0 unspecified atom stereocenters. The molecule has 1 amide bonds. The molecule has 0 saturated carbocycles. The molecule has 0 atom stereocenters. The van der Waals surface area contributed by atoms with Crippen LogP contribution in [0, 0.1) is 5.92 Å². The lowest BCUT2D eigenvalue weighted by Crippen LogP contribution is -2.22. The number of furan rings is 1. The summed E-state index contributed by atoms with van der Waals surface area (Å²) in [6.45, 7) is 4.54. The lowest BCUT2D eigenvalue weighted by Gasteiger charge is -2.12. The molecule has 2 aromatic heterocycles. The summed E-state index contributed by atoms with van der Waals surface area (Å²) in [6, 6.07) is 7.22. The SMILES string of the molecule is CCC(CC)C(=O)Nc1ccc(NCc2ccco2)nn1. The van der Waals surface area contributed by atoms with Crippen LogP contribution >= 0.6 is 0 Å². The Labute approximate surface area is 124 Å². The zero-order valence-electron chi connectivity index (χ0n) is 12.3. The van der Waals surface area contributed by atoms with Gasteiger partial charge in [0.05, 0.1) is 12.8 Å². The van der Waals surface area contributed by atoms with Crippen LogP contribution in [0.5, 0.6) is 0 Å². The van der Waals surface area contributed by atoms with Crippen molar-refractivity contribution in [3.8, 4) is 0 Å². The topological polar surface area (TPSA) is 80.0 Å². The smallest absolute Gasteiger partial charge is 0.228 e. The lowest BCUT2D eigenvalue weighted by molar-refractivity contribution is -0.120. The fourth-order valence-corrected chi connectivity index (χ4v) is 1.97. The Kier molecular flexibility index (Phi) is 5.31. The third-order valence-electron chi connectivity index (χ3n) is 3.30. The normalized spacial score (nSPS) is 10.6. The molecule has 0 saturated heterocycles. The standard InChI is InChI=1S/C15H20N4O2/c1-3-11(4-2)15(20)17-14-8-7-13(18-19-14)16-10-12-6-5-9-21-12/h5-9,11H,3-4,10H2,1-2H3,(H,16,18)(H,17,19,20). The predicted molar refractivity (Wildman–Crippen MR) is 80.8 cm³/mol. The van der Waals surface area contributed by atoms with Crippen molar-refractivity contribution in [3.05, 3.63) is 36.3 Å². The van der Waals surface area contributed by atoms with Gasteiger partial charge in [0.1, 0.15) is 11.6 Å². The summed E-state index contributed by atoms with van der Waals surface area (Å²) in [5.74, 6) is 1.93. The molecule has 0 aromatic carbocycles. The second kappa shape index (κ2) is 7.42. The van der Waals surface area contributed by atoms with Crippen LogP contribution < -0.4 is 10.6 Å². The van der Waals surface area contributed by atoms with Crippen molar-refractivity contribution in [2.24, 2.45) is 5.92 Å². The monoisotopic (exact) mass is 288 g/mol. The maximum Gasteiger partial charge on any atom is 0.228 e. The van der Waals surface area contributed by atoms with Gasteiger partial charge in [-0.25, -0.2) is 0 Å². The molecule has 6 heteroatoms. The largest absolute Gasteiger partial charge is 0.467 e. The molecule has 2 N–H and O–H groups in total. The number of nitrogens with zero attached hydrogens (tertiary/aromatic N) is 2. The van der Waals surface area contributed by atoms with Gasteiger partial charge in [0, 0.05) is 5.92 Å². The van der Waals surface area contributed by atoms with Crippen LogP contribution in [0.2, 0.25) is 0 Å². The van der Waals surface area contributed by atoms with E-state index in [1.165, 1.54) is 0 Å². The van der Waals surface area contributed by atoms with Gasteiger partial charge in [-0.1, -0.05) is 13.8 Å². The summed E-state index contributed by atoms with van der Waals surface area (Å²) in [6.07, 6.45) is 3.26. The first-order valence-corrected chi connectivity index (χ1v) is 7.13. The van der Waals surface area contributed by atoms with Crippen LogP contribution in [0.4, 0.5) is 11.6 Å². The second-order valence-corrected chi connectivity index (χ2v) is 4.74. The molecule has 0 aliphatic carbocycles. The Hall–Kier alpha value is -2.37. The Balaban J connectivity index is 1.88. The summed E-state index contributed by atoms with van der Waals surface area (Å²) in [4.78, 5) is 11.9. The van der Waals surface area contributed by atoms with Crippen molar-refractivity contribution in [3.63, 3.8) is 0 Å². The van der Waals surface area contributed by atoms with E-state index in [4.69, 9.17) is 4.42 Å². The number of nitrogens with one attached hydrogen (secondary N) is 2. The first-order chi connectivity index (χ1) is 10.2. The molecule has 0 radical (unpaired) electrons. The average molecular weight is 288 g/mol. The van der Waals surface area contributed by atoms with Crippen molar-refractivity contribution in [1.82, 2.24) is 10.2 Å². The summed E-state index contributed by atoms with van der Waals surface area (Å²) < 4.78 is 5.21. The Morgan fingerprint density at radius 3 is 2.48 bits per heavy atom. The van der Waals surface area contributed by atoms with Gasteiger partial charge < -0.3 is 15.1 Å². The van der Waals surface area contributed by atoms with Crippen molar-refractivity contribution < 1.29 is 9.21 Å². The summed E-state index contributed by atoms with van der Waals surface area (Å²) in [5, 5.41) is 13.9. The van der Waals surface area contributed by atoms with Gasteiger partial charge in [-0.05, 0) is 37.1 Å². The first kappa shape index (κ1) is 15.0. The van der Waals surface area contributed by atoms with Gasteiger partial charge >= 0.3 is 0 Å². The maximum absolute atomic E-state index is 11.9. The molecule has 6 nitrogen and oxygen atoms in total. The zero-order valence-corrected chi connectivity index (χ0v) is 12.3. The number of rotatable bonds is 7. The highest BCUT2D eigenvalue weighted by Gasteiger charge is 2.14. The number of hydrogen-bond donors (Lipinski definition) is 2. The minimum Gasteiger partial charge on any atom is -0.467 e. The molecule has 21 heavy (non-hydrogen) atoms. The van der Waals surface area contributed by atoms with E-state index in [1.807, 2.05) is 26.0 Å². The quantitative estimate of drug-likeness (QED) is 0.818. The van der Waals surface area contributed by atoms with Gasteiger partial charge in [0.25, 0.3) is 0 Å². The molecule has 0 spiro atoms. The number of carbonyl (C=O) groups is 1. The fourth-order valence-electron chi connectivity index (χ4n) is 1.97. The Morgan fingerprint density at radius 2 is 1.90 bits per heavy atom. The highest BCUT2D eigenvalue weighted by Crippen LogP contribution is 2.12. The van der Waals surface area contributed by atoms with E-state index < -0.39 is 0 Å². The Morgan fingerprint density at radius 1 is 1.19 bits per heavy atom. The van der Waals surface area contributed by atoms with Gasteiger partial charge in [-0.15, -0.1) is 10.2 Å². The number of amides is 1. The molecule has 112 valence electrons. The Bertz CT molecular complexity index is 548. The minimum absolute atomic E-state index is 0.00871. The van der Waals surface area contributed by atoms with Crippen LogP contribution in [0.15, 0.2) is 34.9 Å². The third-order valence-corrected chi connectivity index (χ3v) is 3.30. The molecule has 0 aliphatic rings. The fraction of sp³-hybridized carbons (Fsp3) is 0.400. The van der Waals surface area contributed by atoms with Crippen molar-refractivity contribution >= 4 is 17.5 Å². The highest BCUT2D eigenvalue weighted by atomic mass is 16.3. The van der Waals surface area contributed by atoms with E-state index in [9.17, 15) is 4.79 Å². The maximum atomic E-state index is 11.9. The van der Waals surface area contributed by atoms with Gasteiger partial charge in [-0.3, -0.25) is 4.79 Å². The van der Waals surface area contributed by atoms with Crippen molar-refractivity contribution in [2.75, 3.05) is 10.6 Å². The number of aromatic nitrogens is 2. The third kappa shape index (κ3) is 4.30. The molecule has 2 aromatic rings. The first-order valence-electron chi connectivity index (χ1n) is 7.13. The lowest BCUT2D eigenvalue weighted by atomic mass is 10.0. The van der Waals surface area contributed by atoms with Crippen LogP contribution in [0.3, 0.4) is 0 Å². The molecule has 2 heterocycles. The van der Waals surface area contributed by atoms with Crippen LogP contribution in [0.1, 0.15) is 32.4 Å². The minimum atomic E-state index is -0.00871. The summed E-state index contributed by atoms with van der Waals surface area (Å²) >= 11 is 0. The van der Waals surface area contributed by atoms with E-state index in [1.54, 1.807) is 18.4 Å². The summed E-state index contributed by atoms with van der Waals surface area (Å²) in [7, 11) is 0. The van der Waals surface area contributed by atoms with E-state index in [-0.39, 0.29) is 11.8 Å². The van der Waals surface area contributed by atoms with E-state index in [0.29, 0.717) is 18.2 Å². The van der Waals surface area contributed by atoms with Crippen LogP contribution in [-0.2, 0) is 11.3 Å². The highest BCUT2D eigenvalue weighted by molar-refractivity contribution is 5.91. The van der Waals surface area contributed by atoms with Gasteiger partial charge in [0.2, 0.25) is 5.91 Å². The average Bonchev–Trinajstić information content (AvgIpc) is 3.01. The van der Waals surface area contributed by atoms with Crippen LogP contribution in [0.25, 0.3) is 0 Å². The number of hydrogen-bond acceptors (Lipinski definition) is 5. The van der Waals surface area contributed by atoms with Gasteiger partial charge in [0.15, 0.2) is 5.82 Å². The van der Waals surface area contributed by atoms with E-state index in [2.05, 4.69) is 20.8 Å². The molecular formula is C15H20N4O2. The molecule has 2 rings (SSSR count). The molecule has 0 aliphatic heterocycles. The van der Waals surface area contributed by atoms with Crippen molar-refractivity contribution in [2.45, 2.75) is 33.2 Å². The number of anilines is 2. The number of carbonyl (C=O) groups excluding carboxylic acids is 1.